The predicted octanol–water partition coefficient (Wildman–Crippen LogP) is 11.0. The molecule has 8 nitrogen and oxygen atoms in total. The zero-order valence-electron chi connectivity index (χ0n) is 30.2. The smallest absolute Gasteiger partial charge is 0.238 e. The lowest BCUT2D eigenvalue weighted by Crippen LogP contribution is -2.10. The first-order chi connectivity index (χ1) is 27.8. The van der Waals surface area contributed by atoms with Crippen LogP contribution >= 0.6 is 0 Å². The van der Waals surface area contributed by atoms with Crippen LogP contribution in [0.15, 0.2) is 170 Å². The Balaban J connectivity index is 1.28. The number of rotatable bonds is 6. The molecule has 1 aliphatic carbocycles. The summed E-state index contributed by atoms with van der Waals surface area (Å²) in [4.78, 5) is 31.1. The van der Waals surface area contributed by atoms with E-state index in [1.165, 1.54) is 0 Å². The van der Waals surface area contributed by atoms with Crippen LogP contribution in [0.3, 0.4) is 0 Å². The average molecular weight is 721 g/mol. The van der Waals surface area contributed by atoms with Gasteiger partial charge in [0.25, 0.3) is 0 Å². The van der Waals surface area contributed by atoms with Crippen LogP contribution in [0, 0.1) is 0 Å². The SMILES string of the molecule is C1=CC(c2nc(-c3ccccc3)nc(-n3c4ccccc4c4ccc5c6ccccc6n(-c6nc(-c7ccccc7)nc(-c7ccccc7)n6)c5c43)n2)=CCC1. The Kier molecular flexibility index (Phi) is 7.45. The van der Waals surface area contributed by atoms with E-state index < -0.39 is 0 Å². The summed E-state index contributed by atoms with van der Waals surface area (Å²) in [6, 6.07) is 51.7. The van der Waals surface area contributed by atoms with Gasteiger partial charge in [-0.15, -0.1) is 0 Å². The molecule has 56 heavy (non-hydrogen) atoms. The maximum atomic E-state index is 5.27. The van der Waals surface area contributed by atoms with Gasteiger partial charge in [-0.25, -0.2) is 9.97 Å². The van der Waals surface area contributed by atoms with E-state index in [4.69, 9.17) is 29.9 Å². The topological polar surface area (TPSA) is 87.2 Å². The monoisotopic (exact) mass is 720 g/mol. The molecule has 0 fully saturated rings. The molecular formula is C48H32N8. The van der Waals surface area contributed by atoms with E-state index >= 15 is 0 Å². The summed E-state index contributed by atoms with van der Waals surface area (Å²) in [5.74, 6) is 3.50. The molecule has 0 N–H and O–H groups in total. The number of hydrogen-bond acceptors (Lipinski definition) is 6. The first-order valence-corrected chi connectivity index (χ1v) is 18.8. The van der Waals surface area contributed by atoms with Crippen molar-refractivity contribution in [2.75, 3.05) is 0 Å². The normalized spacial score (nSPS) is 12.9. The fourth-order valence-electron chi connectivity index (χ4n) is 7.90. The van der Waals surface area contributed by atoms with E-state index in [1.54, 1.807) is 0 Å². The molecule has 0 amide bonds. The largest absolute Gasteiger partial charge is 0.276 e. The Bertz CT molecular complexity index is 3120. The Morgan fingerprint density at radius 2 is 0.768 bits per heavy atom. The Morgan fingerprint density at radius 3 is 1.21 bits per heavy atom. The van der Waals surface area contributed by atoms with Gasteiger partial charge in [-0.3, -0.25) is 9.13 Å². The lowest BCUT2D eigenvalue weighted by Gasteiger charge is -2.14. The first-order valence-electron chi connectivity index (χ1n) is 18.8. The summed E-state index contributed by atoms with van der Waals surface area (Å²) < 4.78 is 4.39. The zero-order valence-corrected chi connectivity index (χ0v) is 30.2. The lowest BCUT2D eigenvalue weighted by atomic mass is 10.1. The molecule has 6 aromatic carbocycles. The summed E-state index contributed by atoms with van der Waals surface area (Å²) >= 11 is 0. The van der Waals surface area contributed by atoms with Gasteiger partial charge >= 0.3 is 0 Å². The van der Waals surface area contributed by atoms with Gasteiger partial charge in [-0.1, -0.05) is 158 Å². The van der Waals surface area contributed by atoms with Crippen molar-refractivity contribution < 1.29 is 0 Å². The standard InChI is InChI=1S/C48H32N8/c1-5-17-31(18-6-1)43-49-44(32-19-7-2-8-20-32)52-47(51-43)55-39-27-15-13-25-35(39)37-29-30-38-36-26-14-16-28-40(36)56(42(38)41(37)55)48-53-45(33-21-9-3-10-22-33)50-46(54-48)34-23-11-4-12-24-34/h1-3,5-11,13-30H,4,12H2. The highest BCUT2D eigenvalue weighted by molar-refractivity contribution is 6.23. The maximum Gasteiger partial charge on any atom is 0.238 e. The molecule has 1 aliphatic rings. The minimum atomic E-state index is 0.520. The molecular weight excluding hydrogens is 689 g/mol. The molecule has 0 radical (unpaired) electrons. The van der Waals surface area contributed by atoms with Gasteiger partial charge in [-0.2, -0.15) is 19.9 Å². The fraction of sp³-hybridized carbons (Fsp3) is 0.0417. The van der Waals surface area contributed by atoms with Crippen molar-refractivity contribution in [2.45, 2.75) is 12.8 Å². The number of hydrogen-bond donors (Lipinski definition) is 0. The molecule has 0 saturated carbocycles. The van der Waals surface area contributed by atoms with E-state index in [2.05, 4.69) is 88.0 Å². The van der Waals surface area contributed by atoms with Gasteiger partial charge in [-0.05, 0) is 25.0 Å². The summed E-state index contributed by atoms with van der Waals surface area (Å²) in [7, 11) is 0. The van der Waals surface area contributed by atoms with Crippen LogP contribution in [0.2, 0.25) is 0 Å². The molecule has 0 atom stereocenters. The Labute approximate surface area is 321 Å². The zero-order chi connectivity index (χ0) is 37.0. The number of para-hydroxylation sites is 2. The number of nitrogens with zero attached hydrogens (tertiary/aromatic N) is 8. The molecule has 264 valence electrons. The van der Waals surface area contributed by atoms with Crippen LogP contribution in [-0.2, 0) is 0 Å². The van der Waals surface area contributed by atoms with E-state index in [0.717, 1.165) is 78.7 Å². The van der Waals surface area contributed by atoms with Gasteiger partial charge in [0.1, 0.15) is 0 Å². The van der Waals surface area contributed by atoms with Gasteiger partial charge in [0, 0.05) is 43.8 Å². The Hall–Kier alpha value is -7.58. The van der Waals surface area contributed by atoms with E-state index in [1.807, 2.05) is 91.0 Å². The lowest BCUT2D eigenvalue weighted by molar-refractivity contribution is 0.923. The summed E-state index contributed by atoms with van der Waals surface area (Å²) in [6.45, 7) is 0. The molecule has 0 unspecified atom stereocenters. The second kappa shape index (κ2) is 13.1. The quantitative estimate of drug-likeness (QED) is 0.170. The third-order valence-electron chi connectivity index (χ3n) is 10.5. The summed E-state index contributed by atoms with van der Waals surface area (Å²) in [5.41, 5.74) is 7.60. The van der Waals surface area contributed by atoms with Crippen LogP contribution in [0.1, 0.15) is 18.7 Å². The highest BCUT2D eigenvalue weighted by Gasteiger charge is 2.25. The van der Waals surface area contributed by atoms with Crippen LogP contribution in [0.4, 0.5) is 0 Å². The number of aromatic nitrogens is 8. The summed E-state index contributed by atoms with van der Waals surface area (Å²) in [5, 5.41) is 4.31. The molecule has 4 heterocycles. The average Bonchev–Trinajstić information content (AvgIpc) is 3.81. The second-order valence-electron chi connectivity index (χ2n) is 13.9. The van der Waals surface area contributed by atoms with Crippen molar-refractivity contribution in [1.29, 1.82) is 0 Å². The van der Waals surface area contributed by atoms with Crippen LogP contribution in [-0.4, -0.2) is 39.0 Å². The minimum Gasteiger partial charge on any atom is -0.276 e. The summed E-state index contributed by atoms with van der Waals surface area (Å²) in [6.07, 6.45) is 8.45. The van der Waals surface area contributed by atoms with E-state index in [-0.39, 0.29) is 0 Å². The minimum absolute atomic E-state index is 0.520. The number of fused-ring (bicyclic) bond motifs is 7. The molecule has 8 heteroatoms. The molecule has 10 aromatic rings. The third kappa shape index (κ3) is 5.22. The molecule has 0 saturated heterocycles. The van der Waals surface area contributed by atoms with E-state index in [0.29, 0.717) is 35.2 Å². The first kappa shape index (κ1) is 31.9. The third-order valence-corrected chi connectivity index (χ3v) is 10.5. The highest BCUT2D eigenvalue weighted by Crippen LogP contribution is 2.41. The number of benzene rings is 6. The molecule has 0 bridgehead atoms. The van der Waals surface area contributed by atoms with Gasteiger partial charge < -0.3 is 0 Å². The van der Waals surface area contributed by atoms with Crippen LogP contribution in [0.5, 0.6) is 0 Å². The van der Waals surface area contributed by atoms with Gasteiger partial charge in [0.05, 0.1) is 22.1 Å². The van der Waals surface area contributed by atoms with Gasteiger partial charge in [0.2, 0.25) is 11.9 Å². The maximum absolute atomic E-state index is 5.27. The molecule has 0 spiro atoms. The fourth-order valence-corrected chi connectivity index (χ4v) is 7.90. The van der Waals surface area contributed by atoms with Crippen molar-refractivity contribution >= 4 is 49.2 Å². The van der Waals surface area contributed by atoms with Crippen molar-refractivity contribution in [3.8, 4) is 46.1 Å². The molecule has 11 rings (SSSR count). The molecule has 0 aliphatic heterocycles. The van der Waals surface area contributed by atoms with E-state index in [9.17, 15) is 0 Å². The van der Waals surface area contributed by atoms with Crippen molar-refractivity contribution in [1.82, 2.24) is 39.0 Å². The van der Waals surface area contributed by atoms with Crippen molar-refractivity contribution in [2.24, 2.45) is 0 Å². The van der Waals surface area contributed by atoms with Crippen molar-refractivity contribution in [3.05, 3.63) is 176 Å². The number of allylic oxidation sites excluding steroid dienone is 4. The van der Waals surface area contributed by atoms with Crippen LogP contribution < -0.4 is 0 Å². The molecule has 4 aromatic heterocycles. The van der Waals surface area contributed by atoms with Gasteiger partial charge in [0.15, 0.2) is 23.3 Å². The Morgan fingerprint density at radius 1 is 0.357 bits per heavy atom. The second-order valence-corrected chi connectivity index (χ2v) is 13.9. The van der Waals surface area contributed by atoms with Crippen LogP contribution in [0.25, 0.3) is 95.2 Å². The van der Waals surface area contributed by atoms with Crippen molar-refractivity contribution in [3.63, 3.8) is 0 Å². The predicted molar refractivity (Wildman–Crippen MR) is 225 cm³/mol. The highest BCUT2D eigenvalue weighted by atomic mass is 15.2.